The van der Waals surface area contributed by atoms with Gasteiger partial charge in [-0.25, -0.2) is 0 Å². The summed E-state index contributed by atoms with van der Waals surface area (Å²) in [5.74, 6) is 0.635. The summed E-state index contributed by atoms with van der Waals surface area (Å²) in [4.78, 5) is 0. The zero-order valence-corrected chi connectivity index (χ0v) is 15.7. The van der Waals surface area contributed by atoms with Crippen LogP contribution in [0.3, 0.4) is 0 Å². The van der Waals surface area contributed by atoms with E-state index >= 15 is 0 Å². The molecule has 2 N–H and O–H groups in total. The van der Waals surface area contributed by atoms with E-state index in [1.165, 1.54) is 35.0 Å². The van der Waals surface area contributed by atoms with Gasteiger partial charge >= 0.3 is 0 Å². The van der Waals surface area contributed by atoms with Crippen molar-refractivity contribution < 1.29 is 5.10 Å². The SMILES string of the molecule is CCCCc1c(CCc2ccccc2)cc2n[nH][nH+]c2c1CC(C)C. The Labute approximate surface area is 150 Å². The lowest BCUT2D eigenvalue weighted by molar-refractivity contribution is -0.427. The number of benzene rings is 2. The molecule has 0 saturated heterocycles. The number of hydrogen-bond acceptors (Lipinski definition) is 1. The third-order valence-corrected chi connectivity index (χ3v) is 4.90. The van der Waals surface area contributed by atoms with Crippen LogP contribution in [0.15, 0.2) is 36.4 Å². The van der Waals surface area contributed by atoms with Crippen LogP contribution in [0.2, 0.25) is 0 Å². The molecule has 3 aromatic rings. The molecule has 0 radical (unpaired) electrons. The molecule has 3 rings (SSSR count). The Morgan fingerprint density at radius 1 is 1.04 bits per heavy atom. The fourth-order valence-electron chi connectivity index (χ4n) is 3.64. The molecule has 0 saturated carbocycles. The van der Waals surface area contributed by atoms with Gasteiger partial charge in [0.2, 0.25) is 11.0 Å². The van der Waals surface area contributed by atoms with Crippen molar-refractivity contribution in [1.82, 2.24) is 10.3 Å². The second-order valence-electron chi connectivity index (χ2n) is 7.42. The lowest BCUT2D eigenvalue weighted by Gasteiger charge is -2.16. The summed E-state index contributed by atoms with van der Waals surface area (Å²) in [6, 6.07) is 13.1. The molecule has 1 aromatic heterocycles. The topological polar surface area (TPSA) is 42.8 Å². The summed E-state index contributed by atoms with van der Waals surface area (Å²) in [5.41, 5.74) is 8.17. The molecule has 3 heteroatoms. The van der Waals surface area contributed by atoms with Gasteiger partial charge < -0.3 is 0 Å². The summed E-state index contributed by atoms with van der Waals surface area (Å²) >= 11 is 0. The highest BCUT2D eigenvalue weighted by molar-refractivity contribution is 5.77. The molecule has 0 aliphatic rings. The molecule has 0 aliphatic heterocycles. The van der Waals surface area contributed by atoms with Gasteiger partial charge in [-0.1, -0.05) is 62.7 Å². The third kappa shape index (κ3) is 4.28. The average Bonchev–Trinajstić information content (AvgIpc) is 3.08. The predicted molar refractivity (Wildman–Crippen MR) is 104 cm³/mol. The first-order chi connectivity index (χ1) is 12.2. The fraction of sp³-hybridized carbons (Fsp3) is 0.455. The van der Waals surface area contributed by atoms with Crippen molar-refractivity contribution in [2.45, 2.75) is 59.3 Å². The lowest BCUT2D eigenvalue weighted by Crippen LogP contribution is -2.11. The van der Waals surface area contributed by atoms with Crippen LogP contribution < -0.4 is 5.10 Å². The number of H-pyrrole nitrogens is 2. The average molecular weight is 337 g/mol. The van der Waals surface area contributed by atoms with Crippen LogP contribution in [0.25, 0.3) is 11.0 Å². The molecule has 0 bridgehead atoms. The first kappa shape index (κ1) is 17.7. The highest BCUT2D eigenvalue weighted by Gasteiger charge is 2.20. The zero-order valence-electron chi connectivity index (χ0n) is 15.7. The van der Waals surface area contributed by atoms with Gasteiger partial charge in [-0.3, -0.25) is 0 Å². The van der Waals surface area contributed by atoms with E-state index in [2.05, 4.69) is 72.6 Å². The summed E-state index contributed by atoms with van der Waals surface area (Å²) < 4.78 is 0. The highest BCUT2D eigenvalue weighted by atomic mass is 15.3. The Kier molecular flexibility index (Phi) is 5.85. The van der Waals surface area contributed by atoms with Gasteiger partial charge in [0.25, 0.3) is 0 Å². The van der Waals surface area contributed by atoms with Crippen molar-refractivity contribution in [1.29, 1.82) is 0 Å². The fourth-order valence-corrected chi connectivity index (χ4v) is 3.64. The Morgan fingerprint density at radius 3 is 2.56 bits per heavy atom. The van der Waals surface area contributed by atoms with E-state index in [9.17, 15) is 0 Å². The molecule has 25 heavy (non-hydrogen) atoms. The monoisotopic (exact) mass is 336 g/mol. The van der Waals surface area contributed by atoms with Gasteiger partial charge in [-0.2, -0.15) is 5.10 Å². The van der Waals surface area contributed by atoms with Crippen molar-refractivity contribution in [3.63, 3.8) is 0 Å². The number of hydrogen-bond donors (Lipinski definition) is 1. The van der Waals surface area contributed by atoms with Gasteiger partial charge in [0.1, 0.15) is 0 Å². The maximum absolute atomic E-state index is 4.44. The molecule has 0 unspecified atom stereocenters. The van der Waals surface area contributed by atoms with E-state index in [-0.39, 0.29) is 0 Å². The molecule has 3 nitrogen and oxygen atoms in total. The maximum Gasteiger partial charge on any atom is 0.249 e. The smallest absolute Gasteiger partial charge is 0.168 e. The van der Waals surface area contributed by atoms with Crippen LogP contribution in [-0.2, 0) is 25.7 Å². The van der Waals surface area contributed by atoms with Crippen LogP contribution in [0.1, 0.15) is 55.9 Å². The molecular formula is C22H30N3+. The molecule has 0 amide bonds. The van der Waals surface area contributed by atoms with E-state index in [0.717, 1.165) is 31.2 Å². The summed E-state index contributed by atoms with van der Waals surface area (Å²) in [6.45, 7) is 6.87. The van der Waals surface area contributed by atoms with Crippen molar-refractivity contribution >= 4 is 11.0 Å². The molecule has 0 fully saturated rings. The zero-order chi connectivity index (χ0) is 17.6. The highest BCUT2D eigenvalue weighted by Crippen LogP contribution is 2.27. The van der Waals surface area contributed by atoms with Crippen LogP contribution >= 0.6 is 0 Å². The first-order valence-electron chi connectivity index (χ1n) is 9.62. The van der Waals surface area contributed by atoms with Crippen LogP contribution in [0, 0.1) is 5.92 Å². The van der Waals surface area contributed by atoms with Crippen LogP contribution in [0.5, 0.6) is 0 Å². The van der Waals surface area contributed by atoms with E-state index in [1.54, 1.807) is 5.56 Å². The van der Waals surface area contributed by atoms with Crippen molar-refractivity contribution in [3.8, 4) is 0 Å². The van der Waals surface area contributed by atoms with Gasteiger partial charge in [-0.05, 0) is 60.8 Å². The Balaban J connectivity index is 1.99. The van der Waals surface area contributed by atoms with E-state index in [0.29, 0.717) is 5.92 Å². The van der Waals surface area contributed by atoms with Crippen LogP contribution in [-0.4, -0.2) is 10.3 Å². The minimum Gasteiger partial charge on any atom is -0.168 e. The summed E-state index contributed by atoms with van der Waals surface area (Å²) in [5, 5.41) is 10.7. The number of nitrogens with one attached hydrogen (secondary N) is 2. The summed E-state index contributed by atoms with van der Waals surface area (Å²) in [7, 11) is 0. The second-order valence-corrected chi connectivity index (χ2v) is 7.42. The minimum absolute atomic E-state index is 0.635. The van der Waals surface area contributed by atoms with Crippen molar-refractivity contribution in [2.24, 2.45) is 5.92 Å². The van der Waals surface area contributed by atoms with Gasteiger partial charge in [-0.15, -0.1) is 0 Å². The number of aromatic nitrogens is 3. The number of nitrogens with zero attached hydrogens (tertiary/aromatic N) is 1. The van der Waals surface area contributed by atoms with Gasteiger partial charge in [0.15, 0.2) is 0 Å². The molecule has 0 aliphatic carbocycles. The molecule has 1 heterocycles. The van der Waals surface area contributed by atoms with Gasteiger partial charge in [0, 0.05) is 10.7 Å². The Hall–Kier alpha value is -2.16. The van der Waals surface area contributed by atoms with E-state index in [4.69, 9.17) is 0 Å². The Bertz CT molecular complexity index is 803. The number of aryl methyl sites for hydroxylation is 2. The quantitative estimate of drug-likeness (QED) is 0.636. The number of aromatic amines is 2. The molecule has 2 aromatic carbocycles. The van der Waals surface area contributed by atoms with E-state index < -0.39 is 0 Å². The number of unbranched alkanes of at least 4 members (excludes halogenated alkanes) is 1. The molecule has 0 spiro atoms. The molecule has 0 atom stereocenters. The molecular weight excluding hydrogens is 306 g/mol. The second kappa shape index (κ2) is 8.28. The van der Waals surface area contributed by atoms with Crippen molar-refractivity contribution in [3.05, 3.63) is 58.7 Å². The summed E-state index contributed by atoms with van der Waals surface area (Å²) in [6.07, 6.45) is 6.90. The minimum atomic E-state index is 0.635. The largest absolute Gasteiger partial charge is 0.249 e. The normalized spacial score (nSPS) is 11.5. The Morgan fingerprint density at radius 2 is 1.84 bits per heavy atom. The van der Waals surface area contributed by atoms with Gasteiger partial charge in [0.05, 0.1) is 0 Å². The predicted octanol–water partition coefficient (Wildman–Crippen LogP) is 4.70. The first-order valence-corrected chi connectivity index (χ1v) is 9.62. The third-order valence-electron chi connectivity index (χ3n) is 4.90. The van der Waals surface area contributed by atoms with E-state index in [1.807, 2.05) is 0 Å². The number of rotatable bonds is 8. The standard InChI is InChI=1S/C22H29N3/c1-4-5-11-19-18(13-12-17-9-7-6-8-10-17)15-21-22(24-25-23-21)20(19)14-16(2)3/h6-10,15-16H,4-5,11-14H2,1-3H3,(H,23,24,25)/p+1. The molecule has 132 valence electrons. The number of fused-ring (bicyclic) bond motifs is 1. The maximum atomic E-state index is 4.44. The van der Waals surface area contributed by atoms with Crippen LogP contribution in [0.4, 0.5) is 0 Å². The van der Waals surface area contributed by atoms with Crippen molar-refractivity contribution in [2.75, 3.05) is 0 Å². The lowest BCUT2D eigenvalue weighted by atomic mass is 9.88.